The van der Waals surface area contributed by atoms with Crippen LogP contribution in [0.4, 0.5) is 0 Å². The van der Waals surface area contributed by atoms with Crippen LogP contribution in [0.1, 0.15) is 25.0 Å². The number of hydrogen-bond acceptors (Lipinski definition) is 5. The molecule has 0 saturated carbocycles. The van der Waals surface area contributed by atoms with Crippen LogP contribution in [0.25, 0.3) is 100 Å². The van der Waals surface area contributed by atoms with Gasteiger partial charge in [-0.1, -0.05) is 123 Å². The number of hydrogen-bond donors (Lipinski definition) is 0. The van der Waals surface area contributed by atoms with Crippen LogP contribution in [-0.4, -0.2) is 15.0 Å². The van der Waals surface area contributed by atoms with Crippen LogP contribution in [0.3, 0.4) is 0 Å². The lowest BCUT2D eigenvalue weighted by Gasteiger charge is -2.21. The summed E-state index contributed by atoms with van der Waals surface area (Å²) in [4.78, 5) is 15.5. The summed E-state index contributed by atoms with van der Waals surface area (Å²) < 4.78 is 13.0. The lowest BCUT2D eigenvalue weighted by atomic mass is 9.82. The van der Waals surface area contributed by atoms with E-state index in [0.29, 0.717) is 17.5 Å². The minimum atomic E-state index is -0.160. The topological polar surface area (TPSA) is 65.0 Å². The molecule has 7 aromatic carbocycles. The smallest absolute Gasteiger partial charge is 0.167 e. The van der Waals surface area contributed by atoms with Crippen molar-refractivity contribution in [1.29, 1.82) is 0 Å². The molecule has 250 valence electrons. The summed E-state index contributed by atoms with van der Waals surface area (Å²) in [7, 11) is 0. The highest BCUT2D eigenvalue weighted by Crippen LogP contribution is 2.49. The Balaban J connectivity index is 1.10. The predicted octanol–water partition coefficient (Wildman–Crippen LogP) is 12.6. The maximum Gasteiger partial charge on any atom is 0.167 e. The second kappa shape index (κ2) is 11.1. The first-order valence-electron chi connectivity index (χ1n) is 17.9. The molecule has 0 fully saturated rings. The number of rotatable bonds is 4. The molecule has 0 atom stereocenters. The van der Waals surface area contributed by atoms with Crippen LogP contribution in [0, 0.1) is 0 Å². The van der Waals surface area contributed by atoms with Gasteiger partial charge in [0.15, 0.2) is 17.5 Å². The summed E-state index contributed by atoms with van der Waals surface area (Å²) in [6.45, 7) is 4.58. The van der Waals surface area contributed by atoms with Gasteiger partial charge in [-0.3, -0.25) is 0 Å². The molecule has 0 bridgehead atoms. The third kappa shape index (κ3) is 4.54. The van der Waals surface area contributed by atoms with E-state index in [1.807, 2.05) is 42.5 Å². The Morgan fingerprint density at radius 2 is 0.962 bits per heavy atom. The van der Waals surface area contributed by atoms with Crippen molar-refractivity contribution in [2.75, 3.05) is 0 Å². The second-order valence-electron chi connectivity index (χ2n) is 14.4. The molecule has 0 N–H and O–H groups in total. The molecular formula is C48H31N3O2. The molecule has 0 spiro atoms. The van der Waals surface area contributed by atoms with Crippen molar-refractivity contribution in [1.82, 2.24) is 15.0 Å². The first-order valence-corrected chi connectivity index (χ1v) is 17.9. The molecule has 0 unspecified atom stereocenters. The standard InChI is InChI=1S/C48H31N3O2/c1-48(2)39-17-8-6-13-32(39)33-22-20-30(25-40(33)48)45-49-46(51-47(50-45)38-16-10-15-37-34-14-7-9-18-41(34)53-44(37)38)31-21-24-36-35-23-19-29(28-11-4-3-5-12-28)26-42(35)52-43(36)27-31/h3-27H,1-2H3. The largest absolute Gasteiger partial charge is 0.456 e. The molecule has 0 saturated heterocycles. The highest BCUT2D eigenvalue weighted by atomic mass is 16.3. The molecule has 3 heterocycles. The Morgan fingerprint density at radius 1 is 0.377 bits per heavy atom. The molecule has 0 amide bonds. The minimum Gasteiger partial charge on any atom is -0.456 e. The van der Waals surface area contributed by atoms with E-state index in [2.05, 4.69) is 123 Å². The Labute approximate surface area is 305 Å². The fraction of sp³-hybridized carbons (Fsp3) is 0.0625. The van der Waals surface area contributed by atoms with Crippen LogP contribution in [-0.2, 0) is 5.41 Å². The lowest BCUT2D eigenvalue weighted by molar-refractivity contribution is 0.660. The van der Waals surface area contributed by atoms with E-state index in [1.165, 1.54) is 22.3 Å². The number of para-hydroxylation sites is 2. The van der Waals surface area contributed by atoms with Gasteiger partial charge in [-0.2, -0.15) is 0 Å². The predicted molar refractivity (Wildman–Crippen MR) is 214 cm³/mol. The average molecular weight is 682 g/mol. The molecule has 5 nitrogen and oxygen atoms in total. The zero-order valence-corrected chi connectivity index (χ0v) is 29.1. The molecule has 10 aromatic rings. The zero-order chi connectivity index (χ0) is 35.3. The van der Waals surface area contributed by atoms with Gasteiger partial charge in [0.05, 0.1) is 5.56 Å². The lowest BCUT2D eigenvalue weighted by Crippen LogP contribution is -2.15. The maximum absolute atomic E-state index is 6.52. The Hall–Kier alpha value is -6.85. The summed E-state index contributed by atoms with van der Waals surface area (Å²) in [6, 6.07) is 52.6. The molecule has 5 heteroatoms. The molecular weight excluding hydrogens is 651 g/mol. The van der Waals surface area contributed by atoms with Crippen molar-refractivity contribution in [3.63, 3.8) is 0 Å². The Morgan fingerprint density at radius 3 is 1.79 bits per heavy atom. The van der Waals surface area contributed by atoms with Gasteiger partial charge >= 0.3 is 0 Å². The van der Waals surface area contributed by atoms with Gasteiger partial charge in [-0.15, -0.1) is 0 Å². The van der Waals surface area contributed by atoms with Crippen LogP contribution in [0.5, 0.6) is 0 Å². The van der Waals surface area contributed by atoms with Gasteiger partial charge < -0.3 is 8.83 Å². The van der Waals surface area contributed by atoms with Crippen molar-refractivity contribution >= 4 is 43.9 Å². The third-order valence-corrected chi connectivity index (χ3v) is 11.0. The number of nitrogens with zero attached hydrogens (tertiary/aromatic N) is 3. The van der Waals surface area contributed by atoms with Crippen molar-refractivity contribution < 1.29 is 8.83 Å². The van der Waals surface area contributed by atoms with Gasteiger partial charge in [0, 0.05) is 38.1 Å². The van der Waals surface area contributed by atoms with Crippen molar-refractivity contribution in [3.05, 3.63) is 163 Å². The first-order chi connectivity index (χ1) is 26.0. The van der Waals surface area contributed by atoms with Crippen LogP contribution in [0.15, 0.2) is 160 Å². The fourth-order valence-electron chi connectivity index (χ4n) is 8.25. The second-order valence-corrected chi connectivity index (χ2v) is 14.4. The van der Waals surface area contributed by atoms with E-state index in [-0.39, 0.29) is 5.41 Å². The summed E-state index contributed by atoms with van der Waals surface area (Å²) in [5, 5.41) is 4.20. The first kappa shape index (κ1) is 29.8. The molecule has 3 aromatic heterocycles. The summed E-state index contributed by atoms with van der Waals surface area (Å²) in [5.74, 6) is 1.72. The Kier molecular flexibility index (Phi) is 6.23. The normalized spacial score (nSPS) is 13.2. The molecule has 1 aliphatic carbocycles. The third-order valence-electron chi connectivity index (χ3n) is 11.0. The molecule has 0 radical (unpaired) electrons. The highest BCUT2D eigenvalue weighted by molar-refractivity contribution is 6.09. The Bertz CT molecular complexity index is 3100. The van der Waals surface area contributed by atoms with Gasteiger partial charge in [-0.25, -0.2) is 15.0 Å². The molecule has 0 aliphatic heterocycles. The molecule has 53 heavy (non-hydrogen) atoms. The van der Waals surface area contributed by atoms with Crippen molar-refractivity contribution in [2.45, 2.75) is 19.3 Å². The minimum absolute atomic E-state index is 0.160. The summed E-state index contributed by atoms with van der Waals surface area (Å²) >= 11 is 0. The van der Waals surface area contributed by atoms with E-state index in [0.717, 1.165) is 71.7 Å². The average Bonchev–Trinajstić information content (AvgIpc) is 3.85. The monoisotopic (exact) mass is 681 g/mol. The van der Waals surface area contributed by atoms with E-state index < -0.39 is 0 Å². The summed E-state index contributed by atoms with van der Waals surface area (Å²) in [6.07, 6.45) is 0. The van der Waals surface area contributed by atoms with E-state index in [1.54, 1.807) is 0 Å². The van der Waals surface area contributed by atoms with E-state index in [4.69, 9.17) is 23.8 Å². The number of fused-ring (bicyclic) bond motifs is 9. The number of furan rings is 2. The SMILES string of the molecule is CC1(C)c2ccccc2-c2ccc(-c3nc(-c4ccc5c(c4)oc4cc(-c6ccccc6)ccc45)nc(-c4cccc5c4oc4ccccc45)n3)cc21. The number of aromatic nitrogens is 3. The van der Waals surface area contributed by atoms with Gasteiger partial charge in [-0.05, 0) is 75.8 Å². The zero-order valence-electron chi connectivity index (χ0n) is 29.1. The van der Waals surface area contributed by atoms with Crippen molar-refractivity contribution in [2.24, 2.45) is 0 Å². The highest BCUT2D eigenvalue weighted by Gasteiger charge is 2.35. The van der Waals surface area contributed by atoms with Gasteiger partial charge in [0.1, 0.15) is 22.3 Å². The van der Waals surface area contributed by atoms with Crippen LogP contribution >= 0.6 is 0 Å². The molecule has 1 aliphatic rings. The van der Waals surface area contributed by atoms with E-state index in [9.17, 15) is 0 Å². The molecule has 11 rings (SSSR count). The fourth-order valence-corrected chi connectivity index (χ4v) is 8.25. The van der Waals surface area contributed by atoms with Gasteiger partial charge in [0.25, 0.3) is 0 Å². The maximum atomic E-state index is 6.52. The summed E-state index contributed by atoms with van der Waals surface area (Å²) in [5.41, 5.74) is 13.0. The van der Waals surface area contributed by atoms with E-state index >= 15 is 0 Å². The number of benzene rings is 7. The van der Waals surface area contributed by atoms with Crippen LogP contribution in [0.2, 0.25) is 0 Å². The van der Waals surface area contributed by atoms with Crippen molar-refractivity contribution in [3.8, 4) is 56.4 Å². The van der Waals surface area contributed by atoms with Gasteiger partial charge in [0.2, 0.25) is 0 Å². The van der Waals surface area contributed by atoms with Crippen LogP contribution < -0.4 is 0 Å². The quantitative estimate of drug-likeness (QED) is 0.185.